The molecular weight excluding hydrogens is 269 g/mol. The average molecular weight is 291 g/mol. The number of aryl methyl sites for hydroxylation is 1. The lowest BCUT2D eigenvalue weighted by atomic mass is 10.00. The predicted octanol–water partition coefficient (Wildman–Crippen LogP) is 2.41. The number of benzene rings is 1. The fraction of sp³-hybridized carbons (Fsp3) is 0.588. The summed E-state index contributed by atoms with van der Waals surface area (Å²) in [7, 11) is 0. The van der Waals surface area contributed by atoms with E-state index in [1.54, 1.807) is 19.1 Å². The predicted molar refractivity (Wildman–Crippen MR) is 78.7 cm³/mol. The lowest BCUT2D eigenvalue weighted by molar-refractivity contribution is 0.0961. The van der Waals surface area contributed by atoms with E-state index in [1.165, 1.54) is 6.07 Å². The highest BCUT2D eigenvalue weighted by atomic mass is 19.1. The summed E-state index contributed by atoms with van der Waals surface area (Å²) in [5.74, 6) is 0.648. The molecule has 3 unspecified atom stereocenters. The standard InChI is InChI=1S/C17H22FNO2/c1-11-2-3-12(8-15(11)18)16(20)6-7-19-9-13-4-5-17(21)14(13)10-19/h2-3,8,13-14,17,21H,4-7,9-10H2,1H3. The molecule has 1 aromatic carbocycles. The summed E-state index contributed by atoms with van der Waals surface area (Å²) in [4.78, 5) is 14.4. The van der Waals surface area contributed by atoms with Crippen molar-refractivity contribution in [3.63, 3.8) is 0 Å². The zero-order chi connectivity index (χ0) is 15.0. The number of carbonyl (C=O) groups is 1. The smallest absolute Gasteiger partial charge is 0.164 e. The Morgan fingerprint density at radius 2 is 2.19 bits per heavy atom. The second-order valence-electron chi connectivity index (χ2n) is 6.47. The molecule has 3 nitrogen and oxygen atoms in total. The van der Waals surface area contributed by atoms with Crippen LogP contribution in [0.15, 0.2) is 18.2 Å². The van der Waals surface area contributed by atoms with Crippen molar-refractivity contribution >= 4 is 5.78 Å². The van der Waals surface area contributed by atoms with Gasteiger partial charge in [0.25, 0.3) is 0 Å². The average Bonchev–Trinajstić information content (AvgIpc) is 3.01. The molecule has 3 rings (SSSR count). The van der Waals surface area contributed by atoms with E-state index in [4.69, 9.17) is 0 Å². The maximum absolute atomic E-state index is 13.5. The van der Waals surface area contributed by atoms with E-state index in [-0.39, 0.29) is 17.7 Å². The SMILES string of the molecule is Cc1ccc(C(=O)CCN2CC3CCC(O)C3C2)cc1F. The minimum absolute atomic E-state index is 0.00786. The van der Waals surface area contributed by atoms with Gasteiger partial charge in [-0.25, -0.2) is 4.39 Å². The molecule has 0 amide bonds. The van der Waals surface area contributed by atoms with Crippen LogP contribution in [-0.2, 0) is 0 Å². The van der Waals surface area contributed by atoms with Gasteiger partial charge in [0.1, 0.15) is 5.82 Å². The lowest BCUT2D eigenvalue weighted by Gasteiger charge is -2.17. The quantitative estimate of drug-likeness (QED) is 0.866. The molecule has 4 heteroatoms. The number of Topliss-reactive ketones (excluding diaryl/α,β-unsaturated/α-hetero) is 1. The Labute approximate surface area is 124 Å². The number of ketones is 1. The Morgan fingerprint density at radius 3 is 2.90 bits per heavy atom. The van der Waals surface area contributed by atoms with Gasteiger partial charge in [-0.2, -0.15) is 0 Å². The Morgan fingerprint density at radius 1 is 1.38 bits per heavy atom. The third-order valence-electron chi connectivity index (χ3n) is 5.04. The highest BCUT2D eigenvalue weighted by Gasteiger charge is 2.41. The summed E-state index contributed by atoms with van der Waals surface area (Å²) in [5.41, 5.74) is 1.02. The molecule has 2 fully saturated rings. The Hall–Kier alpha value is -1.26. The van der Waals surface area contributed by atoms with Crippen LogP contribution in [-0.4, -0.2) is 41.5 Å². The number of aliphatic hydroxyl groups excluding tert-OH is 1. The van der Waals surface area contributed by atoms with Gasteiger partial charge in [-0.05, 0) is 37.3 Å². The van der Waals surface area contributed by atoms with Gasteiger partial charge >= 0.3 is 0 Å². The van der Waals surface area contributed by atoms with E-state index in [2.05, 4.69) is 4.90 Å². The normalized spacial score (nSPS) is 28.8. The molecule has 0 radical (unpaired) electrons. The first kappa shape index (κ1) is 14.7. The fourth-order valence-electron chi connectivity index (χ4n) is 3.68. The van der Waals surface area contributed by atoms with Crippen LogP contribution in [0.3, 0.4) is 0 Å². The molecule has 1 heterocycles. The third-order valence-corrected chi connectivity index (χ3v) is 5.04. The van der Waals surface area contributed by atoms with Gasteiger partial charge in [-0.15, -0.1) is 0 Å². The summed E-state index contributed by atoms with van der Waals surface area (Å²) in [6.45, 7) is 4.27. The highest BCUT2D eigenvalue weighted by Crippen LogP contribution is 2.38. The second kappa shape index (κ2) is 5.85. The number of carbonyl (C=O) groups excluding carboxylic acids is 1. The van der Waals surface area contributed by atoms with E-state index in [9.17, 15) is 14.3 Å². The summed E-state index contributed by atoms with van der Waals surface area (Å²) in [6, 6.07) is 4.68. The zero-order valence-electron chi connectivity index (χ0n) is 12.4. The number of likely N-dealkylation sites (tertiary alicyclic amines) is 1. The van der Waals surface area contributed by atoms with Gasteiger partial charge in [0.05, 0.1) is 6.10 Å². The van der Waals surface area contributed by atoms with Gasteiger partial charge < -0.3 is 10.0 Å². The Bertz CT molecular complexity index is 546. The van der Waals surface area contributed by atoms with Gasteiger partial charge in [0, 0.05) is 37.5 Å². The Kier molecular flexibility index (Phi) is 4.09. The van der Waals surface area contributed by atoms with E-state index >= 15 is 0 Å². The van der Waals surface area contributed by atoms with Gasteiger partial charge in [0.15, 0.2) is 5.78 Å². The minimum atomic E-state index is -0.320. The molecule has 3 atom stereocenters. The van der Waals surface area contributed by atoms with Crippen molar-refractivity contribution in [3.05, 3.63) is 35.1 Å². The van der Waals surface area contributed by atoms with E-state index in [0.717, 1.165) is 25.9 Å². The van der Waals surface area contributed by atoms with Crippen LogP contribution in [0.25, 0.3) is 0 Å². The second-order valence-corrected chi connectivity index (χ2v) is 6.47. The first-order chi connectivity index (χ1) is 10.0. The Balaban J connectivity index is 1.53. The molecule has 2 aliphatic rings. The molecule has 114 valence electrons. The summed E-state index contributed by atoms with van der Waals surface area (Å²) in [5, 5.41) is 9.89. The van der Waals surface area contributed by atoms with Crippen LogP contribution in [0.4, 0.5) is 4.39 Å². The number of aliphatic hydroxyl groups is 1. The first-order valence-corrected chi connectivity index (χ1v) is 7.74. The largest absolute Gasteiger partial charge is 0.393 e. The zero-order valence-corrected chi connectivity index (χ0v) is 12.4. The van der Waals surface area contributed by atoms with Gasteiger partial charge in [-0.3, -0.25) is 4.79 Å². The van der Waals surface area contributed by atoms with Crippen molar-refractivity contribution in [2.45, 2.75) is 32.3 Å². The van der Waals surface area contributed by atoms with Crippen molar-refractivity contribution < 1.29 is 14.3 Å². The number of hydrogen-bond acceptors (Lipinski definition) is 3. The summed E-state index contributed by atoms with van der Waals surface area (Å²) >= 11 is 0. The van der Waals surface area contributed by atoms with Gasteiger partial charge in [0.2, 0.25) is 0 Å². The fourth-order valence-corrected chi connectivity index (χ4v) is 3.68. The van der Waals surface area contributed by atoms with Crippen LogP contribution in [0, 0.1) is 24.6 Å². The number of rotatable bonds is 4. The molecule has 1 aliphatic carbocycles. The molecule has 1 aromatic rings. The molecule has 0 bridgehead atoms. The molecule has 21 heavy (non-hydrogen) atoms. The maximum atomic E-state index is 13.5. The summed E-state index contributed by atoms with van der Waals surface area (Å²) < 4.78 is 13.5. The monoisotopic (exact) mass is 291 g/mol. The molecule has 1 aliphatic heterocycles. The molecule has 0 aromatic heterocycles. The molecule has 1 N–H and O–H groups in total. The maximum Gasteiger partial charge on any atom is 0.164 e. The first-order valence-electron chi connectivity index (χ1n) is 7.74. The van der Waals surface area contributed by atoms with Crippen molar-refractivity contribution in [3.8, 4) is 0 Å². The van der Waals surface area contributed by atoms with Crippen molar-refractivity contribution in [1.82, 2.24) is 4.90 Å². The summed E-state index contributed by atoms with van der Waals surface area (Å²) in [6.07, 6.45) is 2.27. The molecule has 1 saturated heterocycles. The van der Waals surface area contributed by atoms with Crippen molar-refractivity contribution in [1.29, 1.82) is 0 Å². The molecule has 0 spiro atoms. The van der Waals surface area contributed by atoms with Crippen molar-refractivity contribution in [2.24, 2.45) is 11.8 Å². The number of fused-ring (bicyclic) bond motifs is 1. The highest BCUT2D eigenvalue weighted by molar-refractivity contribution is 5.96. The van der Waals surface area contributed by atoms with E-state index in [0.29, 0.717) is 35.9 Å². The van der Waals surface area contributed by atoms with Crippen molar-refractivity contribution in [2.75, 3.05) is 19.6 Å². The third kappa shape index (κ3) is 3.01. The van der Waals surface area contributed by atoms with E-state index < -0.39 is 0 Å². The minimum Gasteiger partial charge on any atom is -0.393 e. The number of halogens is 1. The van der Waals surface area contributed by atoms with Crippen LogP contribution in [0.1, 0.15) is 35.2 Å². The van der Waals surface area contributed by atoms with Crippen LogP contribution < -0.4 is 0 Å². The van der Waals surface area contributed by atoms with Crippen LogP contribution in [0.5, 0.6) is 0 Å². The number of hydrogen-bond donors (Lipinski definition) is 1. The molecular formula is C17H22FNO2. The topological polar surface area (TPSA) is 40.5 Å². The molecule has 1 saturated carbocycles. The van der Waals surface area contributed by atoms with Crippen LogP contribution in [0.2, 0.25) is 0 Å². The van der Waals surface area contributed by atoms with Crippen LogP contribution >= 0.6 is 0 Å². The lowest BCUT2D eigenvalue weighted by Crippen LogP contribution is -2.27. The number of nitrogens with zero attached hydrogens (tertiary/aromatic N) is 1. The van der Waals surface area contributed by atoms with Gasteiger partial charge in [-0.1, -0.05) is 12.1 Å². The van der Waals surface area contributed by atoms with E-state index in [1.807, 2.05) is 0 Å².